The van der Waals surface area contributed by atoms with E-state index in [0.717, 1.165) is 22.9 Å². The van der Waals surface area contributed by atoms with E-state index < -0.39 is 12.6 Å². The summed E-state index contributed by atoms with van der Waals surface area (Å²) in [4.78, 5) is 8.57. The lowest BCUT2D eigenvalue weighted by Crippen LogP contribution is -2.19. The SMILES string of the molecule is COc1nccc2nn(CC3C=NC(CCC(F)(F)F)=C(C)C[C@H]3C)cc12. The molecule has 3 heterocycles. The first-order valence-electron chi connectivity index (χ1n) is 8.92. The van der Waals surface area contributed by atoms with Gasteiger partial charge in [0, 0.05) is 43.2 Å². The minimum atomic E-state index is -4.16. The maximum absolute atomic E-state index is 12.5. The van der Waals surface area contributed by atoms with Gasteiger partial charge in [-0.2, -0.15) is 18.3 Å². The molecule has 0 saturated carbocycles. The monoisotopic (exact) mass is 380 g/mol. The van der Waals surface area contributed by atoms with E-state index >= 15 is 0 Å². The molecule has 0 N–H and O–H groups in total. The molecule has 1 unspecified atom stereocenters. The smallest absolute Gasteiger partial charge is 0.389 e. The third-order valence-electron chi connectivity index (χ3n) is 4.95. The van der Waals surface area contributed by atoms with Crippen molar-refractivity contribution in [1.82, 2.24) is 14.8 Å². The molecular weight excluding hydrogens is 357 g/mol. The lowest BCUT2D eigenvalue weighted by atomic mass is 9.89. The molecule has 8 heteroatoms. The number of aliphatic imine (C=N–C) groups is 1. The molecule has 3 rings (SSSR count). The van der Waals surface area contributed by atoms with Crippen LogP contribution in [0.15, 0.2) is 34.7 Å². The highest BCUT2D eigenvalue weighted by Crippen LogP contribution is 2.31. The van der Waals surface area contributed by atoms with E-state index in [-0.39, 0.29) is 18.3 Å². The Labute approximate surface area is 155 Å². The second-order valence-corrected chi connectivity index (χ2v) is 7.07. The molecule has 0 radical (unpaired) electrons. The van der Waals surface area contributed by atoms with Crippen LogP contribution in [0.4, 0.5) is 13.2 Å². The number of rotatable bonds is 5. The van der Waals surface area contributed by atoms with E-state index in [0.29, 0.717) is 18.1 Å². The predicted molar refractivity (Wildman–Crippen MR) is 97.8 cm³/mol. The summed E-state index contributed by atoms with van der Waals surface area (Å²) in [5.41, 5.74) is 2.28. The van der Waals surface area contributed by atoms with Crippen molar-refractivity contribution in [3.63, 3.8) is 0 Å². The van der Waals surface area contributed by atoms with Gasteiger partial charge in [-0.25, -0.2) is 4.98 Å². The van der Waals surface area contributed by atoms with Crippen molar-refractivity contribution in [2.45, 2.75) is 45.8 Å². The highest BCUT2D eigenvalue weighted by atomic mass is 19.4. The molecule has 2 aromatic heterocycles. The largest absolute Gasteiger partial charge is 0.480 e. The highest BCUT2D eigenvalue weighted by Gasteiger charge is 2.28. The number of alkyl halides is 3. The Morgan fingerprint density at radius 2 is 2.11 bits per heavy atom. The van der Waals surface area contributed by atoms with Gasteiger partial charge < -0.3 is 4.74 Å². The van der Waals surface area contributed by atoms with Crippen LogP contribution in [0.3, 0.4) is 0 Å². The van der Waals surface area contributed by atoms with Gasteiger partial charge in [0.05, 0.1) is 18.0 Å². The molecule has 0 spiro atoms. The molecule has 0 amide bonds. The third kappa shape index (κ3) is 4.67. The molecule has 5 nitrogen and oxygen atoms in total. The summed E-state index contributed by atoms with van der Waals surface area (Å²) in [7, 11) is 1.57. The topological polar surface area (TPSA) is 52.3 Å². The zero-order chi connectivity index (χ0) is 19.6. The van der Waals surface area contributed by atoms with Gasteiger partial charge in [0.1, 0.15) is 0 Å². The maximum Gasteiger partial charge on any atom is 0.389 e. The van der Waals surface area contributed by atoms with E-state index in [1.807, 2.05) is 23.9 Å². The van der Waals surface area contributed by atoms with Gasteiger partial charge in [-0.3, -0.25) is 9.67 Å². The van der Waals surface area contributed by atoms with Crippen LogP contribution >= 0.6 is 0 Å². The van der Waals surface area contributed by atoms with Crippen molar-refractivity contribution < 1.29 is 17.9 Å². The van der Waals surface area contributed by atoms with Crippen LogP contribution < -0.4 is 4.74 Å². The summed E-state index contributed by atoms with van der Waals surface area (Å²) in [6.45, 7) is 4.57. The molecule has 2 atom stereocenters. The van der Waals surface area contributed by atoms with Crippen LogP contribution in [0, 0.1) is 11.8 Å². The van der Waals surface area contributed by atoms with Gasteiger partial charge in [0.25, 0.3) is 0 Å². The van der Waals surface area contributed by atoms with Gasteiger partial charge in [0.15, 0.2) is 0 Å². The molecular formula is C19H23F3N4O. The van der Waals surface area contributed by atoms with Crippen molar-refractivity contribution in [1.29, 1.82) is 0 Å². The Morgan fingerprint density at radius 3 is 2.81 bits per heavy atom. The maximum atomic E-state index is 12.5. The van der Waals surface area contributed by atoms with Crippen molar-refractivity contribution in [3.05, 3.63) is 29.7 Å². The van der Waals surface area contributed by atoms with Crippen LogP contribution in [0.1, 0.15) is 33.1 Å². The number of hydrogen-bond acceptors (Lipinski definition) is 4. The fraction of sp³-hybridized carbons (Fsp3) is 0.526. The fourth-order valence-electron chi connectivity index (χ4n) is 3.40. The van der Waals surface area contributed by atoms with E-state index in [4.69, 9.17) is 4.74 Å². The first-order chi connectivity index (χ1) is 12.8. The molecule has 1 aliphatic rings. The van der Waals surface area contributed by atoms with Crippen molar-refractivity contribution >= 4 is 17.1 Å². The summed E-state index contributed by atoms with van der Waals surface area (Å²) in [6.07, 6.45) is 0.972. The number of ether oxygens (including phenoxy) is 1. The number of hydrogen-bond donors (Lipinski definition) is 0. The molecule has 2 aromatic rings. The molecule has 1 aliphatic heterocycles. The fourth-order valence-corrected chi connectivity index (χ4v) is 3.40. The average molecular weight is 380 g/mol. The number of nitrogens with zero attached hydrogens (tertiary/aromatic N) is 4. The summed E-state index contributed by atoms with van der Waals surface area (Å²) >= 11 is 0. The molecule has 27 heavy (non-hydrogen) atoms. The zero-order valence-corrected chi connectivity index (χ0v) is 15.6. The average Bonchev–Trinajstić information content (AvgIpc) is 2.96. The van der Waals surface area contributed by atoms with Crippen LogP contribution in [0.5, 0.6) is 5.88 Å². The Kier molecular flexibility index (Phi) is 5.53. The standard InChI is InChI=1S/C19H23F3N4O/c1-12-8-13(2)16(4-6-19(20,21)22)24-9-14(12)10-26-11-15-17(25-26)5-7-23-18(15)27-3/h5,7,9,11-12,14H,4,6,8,10H2,1-3H3/t12-,14?/m1/s1. The zero-order valence-electron chi connectivity index (χ0n) is 15.6. The minimum Gasteiger partial charge on any atom is -0.480 e. The van der Waals surface area contributed by atoms with E-state index in [1.54, 1.807) is 19.5 Å². The van der Waals surface area contributed by atoms with E-state index in [9.17, 15) is 13.2 Å². The molecule has 146 valence electrons. The van der Waals surface area contributed by atoms with Crippen LogP contribution in [-0.2, 0) is 6.54 Å². The quantitative estimate of drug-likeness (QED) is 0.750. The van der Waals surface area contributed by atoms with Gasteiger partial charge in [-0.05, 0) is 31.7 Å². The van der Waals surface area contributed by atoms with Crippen LogP contribution in [0.25, 0.3) is 10.9 Å². The number of pyridine rings is 1. The first-order valence-corrected chi connectivity index (χ1v) is 8.92. The Hall–Kier alpha value is -2.38. The van der Waals surface area contributed by atoms with Gasteiger partial charge in [-0.1, -0.05) is 12.5 Å². The van der Waals surface area contributed by atoms with Crippen LogP contribution in [-0.4, -0.2) is 34.3 Å². The van der Waals surface area contributed by atoms with Gasteiger partial charge in [0.2, 0.25) is 5.88 Å². The number of methoxy groups -OCH3 is 1. The number of fused-ring (bicyclic) bond motifs is 1. The molecule has 0 aromatic carbocycles. The second-order valence-electron chi connectivity index (χ2n) is 7.07. The summed E-state index contributed by atoms with van der Waals surface area (Å²) in [6, 6.07) is 1.82. The third-order valence-corrected chi connectivity index (χ3v) is 4.95. The van der Waals surface area contributed by atoms with E-state index in [2.05, 4.69) is 22.0 Å². The lowest BCUT2D eigenvalue weighted by Gasteiger charge is -2.18. The molecule has 0 aliphatic carbocycles. The van der Waals surface area contributed by atoms with Gasteiger partial charge >= 0.3 is 6.18 Å². The summed E-state index contributed by atoms with van der Waals surface area (Å²) < 4.78 is 44.7. The molecule has 0 bridgehead atoms. The van der Waals surface area contributed by atoms with Crippen molar-refractivity contribution in [3.8, 4) is 5.88 Å². The van der Waals surface area contributed by atoms with Crippen molar-refractivity contribution in [2.24, 2.45) is 16.8 Å². The predicted octanol–water partition coefficient (Wildman–Crippen LogP) is 4.78. The summed E-state index contributed by atoms with van der Waals surface area (Å²) in [5.74, 6) is 0.856. The Balaban J connectivity index is 1.76. The molecule has 0 saturated heterocycles. The minimum absolute atomic E-state index is 0.0696. The number of aromatic nitrogens is 3. The first kappa shape index (κ1) is 19.4. The Morgan fingerprint density at radius 1 is 1.33 bits per heavy atom. The van der Waals surface area contributed by atoms with Gasteiger partial charge in [-0.15, -0.1) is 0 Å². The highest BCUT2D eigenvalue weighted by molar-refractivity contribution is 5.82. The number of halogens is 3. The normalized spacial score (nSPS) is 21.0. The van der Waals surface area contributed by atoms with E-state index in [1.165, 1.54) is 0 Å². The van der Waals surface area contributed by atoms with Crippen LogP contribution in [0.2, 0.25) is 0 Å². The van der Waals surface area contributed by atoms with Crippen molar-refractivity contribution in [2.75, 3.05) is 7.11 Å². The second kappa shape index (κ2) is 7.70. The Bertz CT molecular complexity index is 869. The molecule has 0 fully saturated rings. The summed E-state index contributed by atoms with van der Waals surface area (Å²) in [5, 5.41) is 5.39. The number of allylic oxidation sites excluding steroid dienone is 2. The lowest BCUT2D eigenvalue weighted by molar-refractivity contribution is -0.134.